The van der Waals surface area contributed by atoms with E-state index in [1.54, 1.807) is 6.07 Å². The zero-order valence-corrected chi connectivity index (χ0v) is 14.0. The van der Waals surface area contributed by atoms with E-state index in [1.165, 1.54) is 17.8 Å². The Hall–Kier alpha value is -2.11. The third-order valence-electron chi connectivity index (χ3n) is 4.07. The Kier molecular flexibility index (Phi) is 5.33. The number of piperazine rings is 1. The fraction of sp³-hybridized carbons (Fsp3) is 0.278. The highest BCUT2D eigenvalue weighted by atomic mass is 35.5. The molecule has 1 aliphatic rings. The Morgan fingerprint density at radius 2 is 1.79 bits per heavy atom. The third kappa shape index (κ3) is 4.24. The van der Waals surface area contributed by atoms with Crippen molar-refractivity contribution in [3.63, 3.8) is 0 Å². The van der Waals surface area contributed by atoms with Crippen molar-refractivity contribution < 1.29 is 9.18 Å². The summed E-state index contributed by atoms with van der Waals surface area (Å²) >= 11 is 5.71. The van der Waals surface area contributed by atoms with Crippen LogP contribution in [0.15, 0.2) is 48.5 Å². The van der Waals surface area contributed by atoms with Crippen molar-refractivity contribution >= 4 is 28.9 Å². The first-order valence-electron chi connectivity index (χ1n) is 7.89. The summed E-state index contributed by atoms with van der Waals surface area (Å²) < 4.78 is 13.7. The molecule has 1 fully saturated rings. The highest BCUT2D eigenvalue weighted by Crippen LogP contribution is 2.19. The monoisotopic (exact) mass is 347 g/mol. The molecule has 2 aromatic carbocycles. The van der Waals surface area contributed by atoms with E-state index in [1.807, 2.05) is 18.2 Å². The lowest BCUT2D eigenvalue weighted by Crippen LogP contribution is -2.48. The second kappa shape index (κ2) is 7.64. The van der Waals surface area contributed by atoms with Crippen molar-refractivity contribution in [1.29, 1.82) is 0 Å². The predicted molar refractivity (Wildman–Crippen MR) is 95.1 cm³/mol. The highest BCUT2D eigenvalue weighted by Gasteiger charge is 2.19. The molecule has 1 aliphatic heterocycles. The number of para-hydroxylation sites is 1. The minimum atomic E-state index is -0.523. The van der Waals surface area contributed by atoms with Gasteiger partial charge in [-0.3, -0.25) is 9.69 Å². The lowest BCUT2D eigenvalue weighted by molar-refractivity contribution is -0.117. The fourth-order valence-electron chi connectivity index (χ4n) is 2.79. The number of hydrogen-bond acceptors (Lipinski definition) is 3. The molecule has 3 rings (SSSR count). The van der Waals surface area contributed by atoms with Gasteiger partial charge in [0.25, 0.3) is 0 Å². The zero-order chi connectivity index (χ0) is 16.9. The quantitative estimate of drug-likeness (QED) is 0.922. The molecular weight excluding hydrogens is 329 g/mol. The molecule has 0 aromatic heterocycles. The van der Waals surface area contributed by atoms with Gasteiger partial charge in [0.15, 0.2) is 0 Å². The summed E-state index contributed by atoms with van der Waals surface area (Å²) in [6.45, 7) is 3.58. The van der Waals surface area contributed by atoms with Gasteiger partial charge in [-0.2, -0.15) is 0 Å². The number of nitrogens with one attached hydrogen (secondary N) is 1. The molecule has 0 saturated carbocycles. The van der Waals surface area contributed by atoms with Crippen LogP contribution in [0.2, 0.25) is 5.02 Å². The van der Waals surface area contributed by atoms with E-state index in [0.717, 1.165) is 26.2 Å². The van der Waals surface area contributed by atoms with Gasteiger partial charge < -0.3 is 10.2 Å². The number of hydrogen-bond donors (Lipinski definition) is 1. The Morgan fingerprint density at radius 1 is 1.08 bits per heavy atom. The molecule has 0 aliphatic carbocycles. The summed E-state index contributed by atoms with van der Waals surface area (Å²) in [5.41, 5.74) is 1.36. The first-order chi connectivity index (χ1) is 11.6. The maximum absolute atomic E-state index is 13.7. The van der Waals surface area contributed by atoms with E-state index in [2.05, 4.69) is 27.2 Å². The SMILES string of the molecule is O=C(CN1CCN(c2ccccc2)CC1)Nc1ccc(Cl)cc1F. The maximum Gasteiger partial charge on any atom is 0.238 e. The minimum Gasteiger partial charge on any atom is -0.369 e. The summed E-state index contributed by atoms with van der Waals surface area (Å²) in [6.07, 6.45) is 0. The molecule has 1 N–H and O–H groups in total. The van der Waals surface area contributed by atoms with Gasteiger partial charge in [0, 0.05) is 36.9 Å². The third-order valence-corrected chi connectivity index (χ3v) is 4.30. The molecule has 4 nitrogen and oxygen atoms in total. The van der Waals surface area contributed by atoms with Crippen LogP contribution in [0.4, 0.5) is 15.8 Å². The van der Waals surface area contributed by atoms with Crippen molar-refractivity contribution in [1.82, 2.24) is 4.90 Å². The van der Waals surface area contributed by atoms with Gasteiger partial charge in [0.05, 0.1) is 12.2 Å². The zero-order valence-electron chi connectivity index (χ0n) is 13.2. The normalized spacial score (nSPS) is 15.3. The molecular formula is C18H19ClFN3O. The lowest BCUT2D eigenvalue weighted by Gasteiger charge is -2.35. The number of benzene rings is 2. The molecule has 0 bridgehead atoms. The van der Waals surface area contributed by atoms with Gasteiger partial charge in [0.2, 0.25) is 5.91 Å². The number of amides is 1. The van der Waals surface area contributed by atoms with Crippen LogP contribution in [-0.2, 0) is 4.79 Å². The molecule has 2 aromatic rings. The van der Waals surface area contributed by atoms with Crippen molar-refractivity contribution in [3.05, 3.63) is 59.4 Å². The van der Waals surface area contributed by atoms with E-state index in [4.69, 9.17) is 11.6 Å². The number of halogens is 2. The molecule has 1 amide bonds. The van der Waals surface area contributed by atoms with Crippen LogP contribution in [0.1, 0.15) is 0 Å². The first-order valence-corrected chi connectivity index (χ1v) is 8.27. The number of carbonyl (C=O) groups excluding carboxylic acids is 1. The predicted octanol–water partition coefficient (Wildman–Crippen LogP) is 3.24. The van der Waals surface area contributed by atoms with E-state index in [0.29, 0.717) is 5.02 Å². The van der Waals surface area contributed by atoms with Gasteiger partial charge in [-0.1, -0.05) is 29.8 Å². The smallest absolute Gasteiger partial charge is 0.238 e. The number of rotatable bonds is 4. The minimum absolute atomic E-state index is 0.160. The van der Waals surface area contributed by atoms with Gasteiger partial charge in [0.1, 0.15) is 5.82 Å². The van der Waals surface area contributed by atoms with Crippen molar-refractivity contribution in [2.45, 2.75) is 0 Å². The number of anilines is 2. The van der Waals surface area contributed by atoms with Crippen LogP contribution >= 0.6 is 11.6 Å². The maximum atomic E-state index is 13.7. The Balaban J connectivity index is 1.50. The number of nitrogens with zero attached hydrogens (tertiary/aromatic N) is 2. The Morgan fingerprint density at radius 3 is 2.46 bits per heavy atom. The summed E-state index contributed by atoms with van der Waals surface area (Å²) in [7, 11) is 0. The molecule has 6 heteroatoms. The summed E-state index contributed by atoms with van der Waals surface area (Å²) in [5.74, 6) is -0.742. The second-order valence-corrected chi connectivity index (χ2v) is 6.21. The van der Waals surface area contributed by atoms with Crippen LogP contribution in [0.25, 0.3) is 0 Å². The average Bonchev–Trinajstić information content (AvgIpc) is 2.59. The van der Waals surface area contributed by atoms with Crippen LogP contribution in [-0.4, -0.2) is 43.5 Å². The van der Waals surface area contributed by atoms with E-state index in [9.17, 15) is 9.18 Å². The standard InChI is InChI=1S/C18H19ClFN3O/c19-14-6-7-17(16(20)12-14)21-18(24)13-22-8-10-23(11-9-22)15-4-2-1-3-5-15/h1-7,12H,8-11,13H2,(H,21,24). The molecule has 0 radical (unpaired) electrons. The topological polar surface area (TPSA) is 35.6 Å². The number of carbonyl (C=O) groups is 1. The molecule has 1 saturated heterocycles. The van der Waals surface area contributed by atoms with Crippen LogP contribution in [0.3, 0.4) is 0 Å². The van der Waals surface area contributed by atoms with E-state index < -0.39 is 5.82 Å². The average molecular weight is 348 g/mol. The molecule has 1 heterocycles. The van der Waals surface area contributed by atoms with E-state index >= 15 is 0 Å². The van der Waals surface area contributed by atoms with Gasteiger partial charge >= 0.3 is 0 Å². The molecule has 0 spiro atoms. The highest BCUT2D eigenvalue weighted by molar-refractivity contribution is 6.30. The van der Waals surface area contributed by atoms with Crippen LogP contribution in [0.5, 0.6) is 0 Å². The molecule has 0 unspecified atom stereocenters. The first kappa shape index (κ1) is 16.7. The van der Waals surface area contributed by atoms with Gasteiger partial charge in [-0.25, -0.2) is 4.39 Å². The lowest BCUT2D eigenvalue weighted by atomic mass is 10.2. The van der Waals surface area contributed by atoms with Crippen molar-refractivity contribution in [3.8, 4) is 0 Å². The van der Waals surface area contributed by atoms with Crippen LogP contribution in [0, 0.1) is 5.82 Å². The molecule has 24 heavy (non-hydrogen) atoms. The fourth-order valence-corrected chi connectivity index (χ4v) is 2.95. The summed E-state index contributed by atoms with van der Waals surface area (Å²) in [5, 5.41) is 2.91. The summed E-state index contributed by atoms with van der Waals surface area (Å²) in [4.78, 5) is 16.5. The largest absolute Gasteiger partial charge is 0.369 e. The van der Waals surface area contributed by atoms with Crippen LogP contribution < -0.4 is 10.2 Å². The molecule has 126 valence electrons. The molecule has 0 atom stereocenters. The van der Waals surface area contributed by atoms with Crippen molar-refractivity contribution in [2.75, 3.05) is 42.9 Å². The second-order valence-electron chi connectivity index (χ2n) is 5.77. The summed E-state index contributed by atoms with van der Waals surface area (Å²) in [6, 6.07) is 14.4. The van der Waals surface area contributed by atoms with Gasteiger partial charge in [-0.15, -0.1) is 0 Å². The Labute approximate surface area is 145 Å². The Bertz CT molecular complexity index is 703. The van der Waals surface area contributed by atoms with Gasteiger partial charge in [-0.05, 0) is 30.3 Å². The van der Waals surface area contributed by atoms with Crippen molar-refractivity contribution in [2.24, 2.45) is 0 Å². The van der Waals surface area contributed by atoms with E-state index in [-0.39, 0.29) is 18.1 Å².